The zero-order valence-electron chi connectivity index (χ0n) is 16.6. The van der Waals surface area contributed by atoms with Crippen molar-refractivity contribution in [2.45, 2.75) is 36.5 Å². The highest BCUT2D eigenvalue weighted by molar-refractivity contribution is 7.92. The van der Waals surface area contributed by atoms with Gasteiger partial charge in [-0.3, -0.25) is 10.0 Å². The Balaban J connectivity index is 1.91. The van der Waals surface area contributed by atoms with Gasteiger partial charge in [0.1, 0.15) is 11.5 Å². The predicted octanol–water partition coefficient (Wildman–Crippen LogP) is 3.30. The smallest absolute Gasteiger partial charge is 0.244 e. The second kappa shape index (κ2) is 8.52. The topological polar surface area (TPSA) is 87.2 Å². The molecule has 0 unspecified atom stereocenters. The summed E-state index contributed by atoms with van der Waals surface area (Å²) in [6.45, 7) is 4.91. The van der Waals surface area contributed by atoms with E-state index in [-0.39, 0.29) is 17.7 Å². The number of hydrogen-bond acceptors (Lipinski definition) is 6. The molecule has 1 N–H and O–H groups in total. The summed E-state index contributed by atoms with van der Waals surface area (Å²) < 4.78 is 32.7. The van der Waals surface area contributed by atoms with Crippen LogP contribution in [0.5, 0.6) is 11.5 Å². The maximum Gasteiger partial charge on any atom is 0.244 e. The number of carbonyl (C=O) groups excluding carboxylic acids is 1. The van der Waals surface area contributed by atoms with Gasteiger partial charge in [-0.15, -0.1) is 0 Å². The van der Waals surface area contributed by atoms with Crippen molar-refractivity contribution < 1.29 is 23.2 Å². The van der Waals surface area contributed by atoms with Crippen molar-refractivity contribution in [1.29, 1.82) is 0 Å². The Labute approximate surface area is 171 Å². The van der Waals surface area contributed by atoms with Crippen molar-refractivity contribution in [3.63, 3.8) is 0 Å². The number of hydrogen-bond donors (Lipinski definition) is 1. The van der Waals surface area contributed by atoms with Crippen molar-refractivity contribution in [3.05, 3.63) is 54.6 Å². The molecular formula is C21H26N2O5S. The highest BCUT2D eigenvalue weighted by Crippen LogP contribution is 2.38. The second-order valence-electron chi connectivity index (χ2n) is 7.10. The summed E-state index contributed by atoms with van der Waals surface area (Å²) in [5.74, 6) is 0.449. The minimum atomic E-state index is -4.02. The number of amides is 1. The summed E-state index contributed by atoms with van der Waals surface area (Å²) in [6, 6.07) is 15.2. The summed E-state index contributed by atoms with van der Waals surface area (Å²) >= 11 is 0. The van der Waals surface area contributed by atoms with E-state index < -0.39 is 20.6 Å². The van der Waals surface area contributed by atoms with Gasteiger partial charge in [0.2, 0.25) is 15.7 Å². The van der Waals surface area contributed by atoms with Crippen LogP contribution in [0, 0.1) is 0 Å². The molecule has 8 heteroatoms. The van der Waals surface area contributed by atoms with E-state index in [9.17, 15) is 18.4 Å². The third kappa shape index (κ3) is 4.14. The fraction of sp³-hybridized carbons (Fsp3) is 0.381. The van der Waals surface area contributed by atoms with Crippen molar-refractivity contribution in [2.24, 2.45) is 0 Å². The molecule has 1 aliphatic rings. The van der Waals surface area contributed by atoms with Crippen molar-refractivity contribution in [2.75, 3.05) is 19.6 Å². The number of piperidine rings is 1. The molecule has 2 aromatic rings. The van der Waals surface area contributed by atoms with Gasteiger partial charge in [-0.25, -0.2) is 13.5 Å². The van der Waals surface area contributed by atoms with Crippen LogP contribution >= 0.6 is 0 Å². The summed E-state index contributed by atoms with van der Waals surface area (Å²) in [5.41, 5.74) is 0. The number of rotatable bonds is 6. The fourth-order valence-electron chi connectivity index (χ4n) is 3.63. The molecule has 1 amide bonds. The van der Waals surface area contributed by atoms with E-state index in [0.717, 1.165) is 6.54 Å². The van der Waals surface area contributed by atoms with Crippen LogP contribution in [0.3, 0.4) is 0 Å². The Kier molecular flexibility index (Phi) is 6.26. The van der Waals surface area contributed by atoms with Crippen LogP contribution in [-0.2, 0) is 14.6 Å². The summed E-state index contributed by atoms with van der Waals surface area (Å²) in [7, 11) is -4.02. The third-order valence-electron chi connectivity index (χ3n) is 5.38. The lowest BCUT2D eigenvalue weighted by molar-refractivity contribution is -0.184. The number of likely N-dealkylation sites (tertiary alicyclic amines) is 1. The standard InChI is InChI=1S/C21H26N2O5S/c1-3-22-15-13-21(14-16-22,23(25)17(2)24)29(26,27)20-11-9-19(10-12-20)28-18-7-5-4-6-8-18/h4-12,25H,3,13-16H2,1-2H3. The van der Waals surface area contributed by atoms with Crippen molar-refractivity contribution >= 4 is 15.7 Å². The van der Waals surface area contributed by atoms with Gasteiger partial charge in [-0.05, 0) is 42.9 Å². The molecule has 7 nitrogen and oxygen atoms in total. The van der Waals surface area contributed by atoms with Crippen LogP contribution in [0.25, 0.3) is 0 Å². The first-order valence-corrected chi connectivity index (χ1v) is 11.1. The van der Waals surface area contributed by atoms with E-state index in [1.54, 1.807) is 24.3 Å². The molecule has 0 radical (unpaired) electrons. The van der Waals surface area contributed by atoms with Crippen LogP contribution in [0.4, 0.5) is 0 Å². The largest absolute Gasteiger partial charge is 0.457 e. The lowest BCUT2D eigenvalue weighted by Gasteiger charge is -2.44. The SMILES string of the molecule is CCN1CCC(N(O)C(C)=O)(S(=O)(=O)c2ccc(Oc3ccccc3)cc2)CC1. The maximum atomic E-state index is 13.5. The van der Waals surface area contributed by atoms with Crippen LogP contribution in [0.1, 0.15) is 26.7 Å². The minimum absolute atomic E-state index is 0.0446. The van der Waals surface area contributed by atoms with E-state index in [0.29, 0.717) is 29.7 Å². The second-order valence-corrected chi connectivity index (χ2v) is 9.34. The van der Waals surface area contributed by atoms with E-state index >= 15 is 0 Å². The number of ether oxygens (including phenoxy) is 1. The molecule has 0 aliphatic carbocycles. The number of benzene rings is 2. The summed E-state index contributed by atoms with van der Waals surface area (Å²) in [5, 5.41) is 10.9. The van der Waals surface area contributed by atoms with Gasteiger partial charge in [-0.1, -0.05) is 25.1 Å². The number of para-hydroxylation sites is 1. The first-order chi connectivity index (χ1) is 13.8. The molecule has 1 fully saturated rings. The summed E-state index contributed by atoms with van der Waals surface area (Å²) in [4.78, 5) is 12.4. The molecule has 156 valence electrons. The van der Waals surface area contributed by atoms with Gasteiger partial charge in [0, 0.05) is 32.9 Å². The van der Waals surface area contributed by atoms with E-state index in [1.165, 1.54) is 19.1 Å². The van der Waals surface area contributed by atoms with Gasteiger partial charge in [-0.2, -0.15) is 0 Å². The number of carbonyl (C=O) groups is 1. The average Bonchev–Trinajstić information content (AvgIpc) is 2.74. The van der Waals surface area contributed by atoms with E-state index in [2.05, 4.69) is 4.90 Å². The first-order valence-electron chi connectivity index (χ1n) is 9.60. The Hall–Kier alpha value is -2.42. The minimum Gasteiger partial charge on any atom is -0.457 e. The highest BCUT2D eigenvalue weighted by atomic mass is 32.2. The van der Waals surface area contributed by atoms with Crippen molar-refractivity contribution in [3.8, 4) is 11.5 Å². The predicted molar refractivity (Wildman–Crippen MR) is 109 cm³/mol. The van der Waals surface area contributed by atoms with Gasteiger partial charge in [0.15, 0.2) is 4.87 Å². The van der Waals surface area contributed by atoms with Crippen LogP contribution < -0.4 is 4.74 Å². The summed E-state index contributed by atoms with van der Waals surface area (Å²) in [6.07, 6.45) is 0.281. The first kappa shape index (κ1) is 21.3. The van der Waals surface area contributed by atoms with E-state index in [4.69, 9.17) is 4.74 Å². The van der Waals surface area contributed by atoms with Crippen LogP contribution in [0.2, 0.25) is 0 Å². The van der Waals surface area contributed by atoms with Crippen LogP contribution in [0.15, 0.2) is 59.5 Å². The van der Waals surface area contributed by atoms with Gasteiger partial charge in [0.25, 0.3) is 0 Å². The fourth-order valence-corrected chi connectivity index (χ4v) is 5.64. The molecule has 0 spiro atoms. The lowest BCUT2D eigenvalue weighted by Crippen LogP contribution is -2.60. The van der Waals surface area contributed by atoms with Gasteiger partial charge >= 0.3 is 0 Å². The maximum absolute atomic E-state index is 13.5. The number of nitrogens with zero attached hydrogens (tertiary/aromatic N) is 2. The quantitative estimate of drug-likeness (QED) is 0.572. The monoisotopic (exact) mass is 418 g/mol. The molecule has 1 heterocycles. The molecule has 1 saturated heterocycles. The van der Waals surface area contributed by atoms with Gasteiger partial charge in [0.05, 0.1) is 4.90 Å². The Bertz CT molecular complexity index is 937. The molecule has 0 aromatic heterocycles. The Morgan fingerprint density at radius 2 is 1.62 bits per heavy atom. The van der Waals surface area contributed by atoms with Crippen LogP contribution in [-0.4, -0.2) is 54.0 Å². The lowest BCUT2D eigenvalue weighted by atomic mass is 10.0. The molecule has 3 rings (SSSR count). The van der Waals surface area contributed by atoms with E-state index in [1.807, 2.05) is 25.1 Å². The number of sulfone groups is 1. The number of hydroxylamine groups is 2. The highest BCUT2D eigenvalue weighted by Gasteiger charge is 2.52. The molecule has 0 atom stereocenters. The average molecular weight is 419 g/mol. The zero-order chi connectivity index (χ0) is 21.1. The molecule has 2 aromatic carbocycles. The molecular weight excluding hydrogens is 392 g/mol. The molecule has 1 aliphatic heterocycles. The zero-order valence-corrected chi connectivity index (χ0v) is 17.4. The Morgan fingerprint density at radius 1 is 1.07 bits per heavy atom. The third-order valence-corrected chi connectivity index (χ3v) is 7.86. The Morgan fingerprint density at radius 3 is 2.14 bits per heavy atom. The molecule has 0 saturated carbocycles. The normalized spacial score (nSPS) is 16.9. The van der Waals surface area contributed by atoms with Gasteiger partial charge < -0.3 is 9.64 Å². The molecule has 0 bridgehead atoms. The molecule has 29 heavy (non-hydrogen) atoms. The van der Waals surface area contributed by atoms with Crippen molar-refractivity contribution in [1.82, 2.24) is 9.96 Å².